The van der Waals surface area contributed by atoms with Crippen molar-refractivity contribution in [2.45, 2.75) is 77.0 Å². The van der Waals surface area contributed by atoms with E-state index in [-0.39, 0.29) is 5.38 Å². The van der Waals surface area contributed by atoms with Crippen molar-refractivity contribution in [1.29, 1.82) is 0 Å². The first-order valence-electron chi connectivity index (χ1n) is 9.58. The Morgan fingerprint density at radius 2 is 1.74 bits per heavy atom. The SMILES string of the molecule is CCCCOc1ccc(CC(Cl)C2CCC(CCC)CC2)cc1. The summed E-state index contributed by atoms with van der Waals surface area (Å²) in [5.41, 5.74) is 1.34. The molecule has 23 heavy (non-hydrogen) atoms. The van der Waals surface area contributed by atoms with E-state index in [2.05, 4.69) is 38.1 Å². The monoisotopic (exact) mass is 336 g/mol. The van der Waals surface area contributed by atoms with Crippen LogP contribution in [0, 0.1) is 11.8 Å². The van der Waals surface area contributed by atoms with Crippen molar-refractivity contribution in [1.82, 2.24) is 0 Å². The van der Waals surface area contributed by atoms with Crippen molar-refractivity contribution >= 4 is 11.6 Å². The van der Waals surface area contributed by atoms with Gasteiger partial charge in [-0.1, -0.05) is 58.1 Å². The summed E-state index contributed by atoms with van der Waals surface area (Å²) in [5.74, 6) is 2.64. The van der Waals surface area contributed by atoms with Crippen LogP contribution < -0.4 is 4.74 Å². The lowest BCUT2D eigenvalue weighted by Gasteiger charge is -2.31. The van der Waals surface area contributed by atoms with Gasteiger partial charge in [0, 0.05) is 5.38 Å². The Bertz CT molecular complexity index is 420. The third kappa shape index (κ3) is 6.37. The van der Waals surface area contributed by atoms with Gasteiger partial charge in [0.15, 0.2) is 0 Å². The lowest BCUT2D eigenvalue weighted by atomic mass is 9.78. The molecule has 1 aliphatic carbocycles. The molecule has 1 atom stereocenters. The van der Waals surface area contributed by atoms with Crippen LogP contribution in [0.5, 0.6) is 5.75 Å². The summed E-state index contributed by atoms with van der Waals surface area (Å²) < 4.78 is 5.72. The minimum atomic E-state index is 0.282. The van der Waals surface area contributed by atoms with Gasteiger partial charge >= 0.3 is 0 Å². The molecule has 2 heteroatoms. The van der Waals surface area contributed by atoms with E-state index in [4.69, 9.17) is 16.3 Å². The second kappa shape index (κ2) is 10.2. The van der Waals surface area contributed by atoms with Crippen LogP contribution in [-0.2, 0) is 6.42 Å². The van der Waals surface area contributed by atoms with Gasteiger partial charge in [-0.3, -0.25) is 0 Å². The molecule has 0 N–H and O–H groups in total. The van der Waals surface area contributed by atoms with Gasteiger partial charge in [0.25, 0.3) is 0 Å². The zero-order chi connectivity index (χ0) is 16.5. The maximum atomic E-state index is 6.73. The smallest absolute Gasteiger partial charge is 0.119 e. The zero-order valence-corrected chi connectivity index (χ0v) is 15.7. The third-order valence-corrected chi connectivity index (χ3v) is 5.73. The second-order valence-electron chi connectivity index (χ2n) is 7.14. The molecule has 1 aliphatic rings. The van der Waals surface area contributed by atoms with Gasteiger partial charge in [-0.15, -0.1) is 11.6 Å². The Hall–Kier alpha value is -0.690. The molecule has 0 amide bonds. The van der Waals surface area contributed by atoms with E-state index in [0.717, 1.165) is 31.1 Å². The Morgan fingerprint density at radius 3 is 2.35 bits per heavy atom. The van der Waals surface area contributed by atoms with Crippen LogP contribution >= 0.6 is 11.6 Å². The van der Waals surface area contributed by atoms with Crippen LogP contribution in [0.4, 0.5) is 0 Å². The summed E-state index contributed by atoms with van der Waals surface area (Å²) >= 11 is 6.73. The van der Waals surface area contributed by atoms with E-state index in [1.807, 2.05) is 0 Å². The molecule has 1 fully saturated rings. The number of benzene rings is 1. The maximum Gasteiger partial charge on any atom is 0.119 e. The molecule has 0 saturated heterocycles. The third-order valence-electron chi connectivity index (χ3n) is 5.22. The highest BCUT2D eigenvalue weighted by molar-refractivity contribution is 6.20. The Kier molecular flexibility index (Phi) is 8.30. The summed E-state index contributed by atoms with van der Waals surface area (Å²) in [7, 11) is 0. The number of rotatable bonds is 9. The molecule has 0 heterocycles. The first-order valence-corrected chi connectivity index (χ1v) is 10.0. The number of ether oxygens (including phenoxy) is 1. The minimum Gasteiger partial charge on any atom is -0.494 e. The summed E-state index contributed by atoms with van der Waals surface area (Å²) in [6.45, 7) is 5.30. The minimum absolute atomic E-state index is 0.282. The molecule has 0 spiro atoms. The molecular formula is C21H33ClO. The molecular weight excluding hydrogens is 304 g/mol. The highest BCUT2D eigenvalue weighted by Crippen LogP contribution is 2.36. The van der Waals surface area contributed by atoms with Crippen molar-refractivity contribution in [2.24, 2.45) is 11.8 Å². The van der Waals surface area contributed by atoms with Gasteiger partial charge < -0.3 is 4.74 Å². The Labute approximate surface area is 147 Å². The zero-order valence-electron chi connectivity index (χ0n) is 14.9. The molecule has 0 aromatic heterocycles. The van der Waals surface area contributed by atoms with Crippen LogP contribution in [0.1, 0.15) is 70.8 Å². The number of hydrogen-bond acceptors (Lipinski definition) is 1. The largest absolute Gasteiger partial charge is 0.494 e. The van der Waals surface area contributed by atoms with Gasteiger partial charge in [0.2, 0.25) is 0 Å². The molecule has 0 radical (unpaired) electrons. The number of unbranched alkanes of at least 4 members (excludes halogenated alkanes) is 1. The molecule has 2 rings (SSSR count). The summed E-state index contributed by atoms with van der Waals surface area (Å²) in [6.07, 6.45) is 11.4. The molecule has 1 aromatic carbocycles. The van der Waals surface area contributed by atoms with Crippen molar-refractivity contribution in [3.8, 4) is 5.75 Å². The number of alkyl halides is 1. The highest BCUT2D eigenvalue weighted by Gasteiger charge is 2.26. The number of halogens is 1. The van der Waals surface area contributed by atoms with Gasteiger partial charge in [-0.05, 0) is 55.2 Å². The van der Waals surface area contributed by atoms with Crippen LogP contribution in [0.15, 0.2) is 24.3 Å². The average molecular weight is 337 g/mol. The van der Waals surface area contributed by atoms with E-state index in [1.165, 1.54) is 50.5 Å². The Balaban J connectivity index is 1.75. The molecule has 0 bridgehead atoms. The fraction of sp³-hybridized carbons (Fsp3) is 0.714. The van der Waals surface area contributed by atoms with Gasteiger partial charge in [0.05, 0.1) is 6.61 Å². The van der Waals surface area contributed by atoms with E-state index in [9.17, 15) is 0 Å². The fourth-order valence-electron chi connectivity index (χ4n) is 3.69. The first kappa shape index (κ1) is 18.6. The van der Waals surface area contributed by atoms with Crippen LogP contribution in [-0.4, -0.2) is 12.0 Å². The molecule has 130 valence electrons. The van der Waals surface area contributed by atoms with Crippen LogP contribution in [0.2, 0.25) is 0 Å². The molecule has 1 saturated carbocycles. The standard InChI is InChI=1S/C21H33ClO/c1-3-5-15-23-20-13-9-18(10-14-20)16-21(22)19-11-7-17(6-4-2)8-12-19/h9-10,13-14,17,19,21H,3-8,11-12,15-16H2,1-2H3. The van der Waals surface area contributed by atoms with Gasteiger partial charge in [0.1, 0.15) is 5.75 Å². The van der Waals surface area contributed by atoms with E-state index in [0.29, 0.717) is 5.92 Å². The molecule has 1 nitrogen and oxygen atoms in total. The Morgan fingerprint density at radius 1 is 1.04 bits per heavy atom. The van der Waals surface area contributed by atoms with E-state index in [1.54, 1.807) is 0 Å². The second-order valence-corrected chi connectivity index (χ2v) is 7.70. The predicted octanol–water partition coefficient (Wildman–Crippen LogP) is 6.62. The topological polar surface area (TPSA) is 9.23 Å². The van der Waals surface area contributed by atoms with Crippen molar-refractivity contribution in [3.05, 3.63) is 29.8 Å². The van der Waals surface area contributed by atoms with Gasteiger partial charge in [-0.2, -0.15) is 0 Å². The van der Waals surface area contributed by atoms with Crippen LogP contribution in [0.3, 0.4) is 0 Å². The lowest BCUT2D eigenvalue weighted by Crippen LogP contribution is -2.23. The van der Waals surface area contributed by atoms with Crippen molar-refractivity contribution in [3.63, 3.8) is 0 Å². The van der Waals surface area contributed by atoms with E-state index < -0.39 is 0 Å². The number of hydrogen-bond donors (Lipinski definition) is 0. The summed E-state index contributed by atoms with van der Waals surface area (Å²) in [5, 5.41) is 0.282. The quantitative estimate of drug-likeness (QED) is 0.363. The maximum absolute atomic E-state index is 6.73. The highest BCUT2D eigenvalue weighted by atomic mass is 35.5. The summed E-state index contributed by atoms with van der Waals surface area (Å²) in [6, 6.07) is 8.54. The van der Waals surface area contributed by atoms with E-state index >= 15 is 0 Å². The first-order chi connectivity index (χ1) is 11.2. The predicted molar refractivity (Wildman–Crippen MR) is 101 cm³/mol. The van der Waals surface area contributed by atoms with Crippen molar-refractivity contribution in [2.75, 3.05) is 6.61 Å². The molecule has 1 unspecified atom stereocenters. The molecule has 1 aromatic rings. The van der Waals surface area contributed by atoms with Crippen molar-refractivity contribution < 1.29 is 4.74 Å². The average Bonchev–Trinajstić information content (AvgIpc) is 2.57. The van der Waals surface area contributed by atoms with Gasteiger partial charge in [-0.25, -0.2) is 0 Å². The lowest BCUT2D eigenvalue weighted by molar-refractivity contribution is 0.255. The van der Waals surface area contributed by atoms with Crippen LogP contribution in [0.25, 0.3) is 0 Å². The normalized spacial score (nSPS) is 22.7. The fourth-order valence-corrected chi connectivity index (χ4v) is 4.12. The molecule has 0 aliphatic heterocycles. The summed E-state index contributed by atoms with van der Waals surface area (Å²) in [4.78, 5) is 0.